The Morgan fingerprint density at radius 3 is 2.48 bits per heavy atom. The molecule has 116 valence electrons. The van der Waals surface area contributed by atoms with E-state index in [2.05, 4.69) is 18.1 Å². The van der Waals surface area contributed by atoms with Gasteiger partial charge in [0.2, 0.25) is 0 Å². The number of para-hydroxylation sites is 1. The van der Waals surface area contributed by atoms with Crippen LogP contribution in [0.4, 0.5) is 0 Å². The topological polar surface area (TPSA) is 55.1 Å². The molecule has 0 unspecified atom stereocenters. The van der Waals surface area contributed by atoms with E-state index in [0.717, 1.165) is 22.5 Å². The normalized spacial score (nSPS) is 10.7. The maximum atomic E-state index is 11.2. The molecule has 1 aromatic heterocycles. The number of aliphatic carboxylic acids is 1. The summed E-state index contributed by atoms with van der Waals surface area (Å²) in [7, 11) is 0. The van der Waals surface area contributed by atoms with E-state index in [9.17, 15) is 9.90 Å². The van der Waals surface area contributed by atoms with E-state index in [0.29, 0.717) is 5.56 Å². The fourth-order valence-corrected chi connectivity index (χ4v) is 2.55. The molecule has 0 atom stereocenters. The van der Waals surface area contributed by atoms with Gasteiger partial charge in [0.1, 0.15) is 0 Å². The third kappa shape index (κ3) is 3.16. The summed E-state index contributed by atoms with van der Waals surface area (Å²) in [6.07, 6.45) is 1.75. The zero-order valence-electron chi connectivity index (χ0n) is 13.2. The summed E-state index contributed by atoms with van der Waals surface area (Å²) in [5.74, 6) is -0.859. The second-order valence-electron chi connectivity index (χ2n) is 5.65. The van der Waals surface area contributed by atoms with Crippen molar-refractivity contribution in [2.45, 2.75) is 20.3 Å². The minimum Gasteiger partial charge on any atom is -0.481 e. The first-order valence-electron chi connectivity index (χ1n) is 7.48. The molecule has 0 aliphatic heterocycles. The molecular weight excluding hydrogens is 288 g/mol. The van der Waals surface area contributed by atoms with Crippen LogP contribution in [-0.4, -0.2) is 20.9 Å². The van der Waals surface area contributed by atoms with Gasteiger partial charge in [-0.05, 0) is 43.2 Å². The average molecular weight is 306 g/mol. The number of carbonyl (C=O) groups is 1. The van der Waals surface area contributed by atoms with Gasteiger partial charge in [0.15, 0.2) is 0 Å². The molecule has 0 spiro atoms. The molecule has 4 heteroatoms. The zero-order valence-corrected chi connectivity index (χ0v) is 13.2. The molecule has 0 aliphatic carbocycles. The molecular formula is C19H18N2O2. The third-order valence-corrected chi connectivity index (χ3v) is 3.93. The predicted octanol–water partition coefficient (Wildman–Crippen LogP) is 3.78. The van der Waals surface area contributed by atoms with E-state index in [1.54, 1.807) is 10.9 Å². The Balaban J connectivity index is 2.12. The lowest BCUT2D eigenvalue weighted by atomic mass is 10.0. The number of rotatable bonds is 4. The SMILES string of the molecule is Cc1ccc(-c2nn(-c3ccccc3)cc2CC(=O)O)cc1C. The summed E-state index contributed by atoms with van der Waals surface area (Å²) in [6, 6.07) is 15.8. The van der Waals surface area contributed by atoms with Crippen LogP contribution in [0, 0.1) is 13.8 Å². The Labute approximate surface area is 135 Å². The van der Waals surface area contributed by atoms with Crippen LogP contribution in [0.5, 0.6) is 0 Å². The van der Waals surface area contributed by atoms with Crippen molar-refractivity contribution in [2.24, 2.45) is 0 Å². The fourth-order valence-electron chi connectivity index (χ4n) is 2.55. The van der Waals surface area contributed by atoms with Gasteiger partial charge in [0, 0.05) is 17.3 Å². The highest BCUT2D eigenvalue weighted by Gasteiger charge is 2.15. The lowest BCUT2D eigenvalue weighted by molar-refractivity contribution is -0.136. The van der Waals surface area contributed by atoms with Crippen LogP contribution in [0.2, 0.25) is 0 Å². The minimum absolute atomic E-state index is 0.0465. The Morgan fingerprint density at radius 1 is 1.09 bits per heavy atom. The van der Waals surface area contributed by atoms with Crippen molar-refractivity contribution in [3.8, 4) is 16.9 Å². The maximum Gasteiger partial charge on any atom is 0.307 e. The first-order valence-corrected chi connectivity index (χ1v) is 7.48. The van der Waals surface area contributed by atoms with Gasteiger partial charge in [0.05, 0.1) is 17.8 Å². The van der Waals surface area contributed by atoms with Crippen molar-refractivity contribution in [2.75, 3.05) is 0 Å². The average Bonchev–Trinajstić information content (AvgIpc) is 2.94. The lowest BCUT2D eigenvalue weighted by Gasteiger charge is -2.04. The predicted molar refractivity (Wildman–Crippen MR) is 89.8 cm³/mol. The van der Waals surface area contributed by atoms with E-state index in [4.69, 9.17) is 0 Å². The van der Waals surface area contributed by atoms with Gasteiger partial charge in [-0.3, -0.25) is 4.79 Å². The van der Waals surface area contributed by atoms with Crippen molar-refractivity contribution >= 4 is 5.97 Å². The Kier molecular flexibility index (Phi) is 3.98. The van der Waals surface area contributed by atoms with Crippen LogP contribution in [0.3, 0.4) is 0 Å². The monoisotopic (exact) mass is 306 g/mol. The van der Waals surface area contributed by atoms with Crippen molar-refractivity contribution in [3.05, 3.63) is 71.4 Å². The minimum atomic E-state index is -0.859. The molecule has 0 saturated carbocycles. The first kappa shape index (κ1) is 15.0. The van der Waals surface area contributed by atoms with Crippen LogP contribution in [0.1, 0.15) is 16.7 Å². The molecule has 3 rings (SSSR count). The maximum absolute atomic E-state index is 11.2. The summed E-state index contributed by atoms with van der Waals surface area (Å²) in [6.45, 7) is 4.10. The largest absolute Gasteiger partial charge is 0.481 e. The van der Waals surface area contributed by atoms with Crippen LogP contribution in [-0.2, 0) is 11.2 Å². The van der Waals surface area contributed by atoms with Crippen molar-refractivity contribution in [1.82, 2.24) is 9.78 Å². The molecule has 0 aliphatic rings. The van der Waals surface area contributed by atoms with Crippen LogP contribution in [0.25, 0.3) is 16.9 Å². The van der Waals surface area contributed by atoms with E-state index in [-0.39, 0.29) is 6.42 Å². The van der Waals surface area contributed by atoms with Gasteiger partial charge in [0.25, 0.3) is 0 Å². The van der Waals surface area contributed by atoms with Gasteiger partial charge >= 0.3 is 5.97 Å². The quantitative estimate of drug-likeness (QED) is 0.798. The number of benzene rings is 2. The van der Waals surface area contributed by atoms with Crippen LogP contribution in [0.15, 0.2) is 54.7 Å². The highest BCUT2D eigenvalue weighted by atomic mass is 16.4. The summed E-state index contributed by atoms with van der Waals surface area (Å²) in [5.41, 5.74) is 5.66. The molecule has 0 fully saturated rings. The number of nitrogens with zero attached hydrogens (tertiary/aromatic N) is 2. The number of aryl methyl sites for hydroxylation is 2. The number of hydrogen-bond donors (Lipinski definition) is 1. The molecule has 1 heterocycles. The van der Waals surface area contributed by atoms with E-state index >= 15 is 0 Å². The second-order valence-corrected chi connectivity index (χ2v) is 5.65. The molecule has 1 N–H and O–H groups in total. The van der Waals surface area contributed by atoms with E-state index in [1.165, 1.54) is 5.56 Å². The Morgan fingerprint density at radius 2 is 1.83 bits per heavy atom. The molecule has 3 aromatic rings. The number of aromatic nitrogens is 2. The molecule has 0 saturated heterocycles. The van der Waals surface area contributed by atoms with Gasteiger partial charge in [-0.1, -0.05) is 30.3 Å². The summed E-state index contributed by atoms with van der Waals surface area (Å²) >= 11 is 0. The smallest absolute Gasteiger partial charge is 0.307 e. The van der Waals surface area contributed by atoms with Gasteiger partial charge in [-0.2, -0.15) is 5.10 Å². The molecule has 23 heavy (non-hydrogen) atoms. The first-order chi connectivity index (χ1) is 11.0. The van der Waals surface area contributed by atoms with Gasteiger partial charge in [-0.25, -0.2) is 4.68 Å². The zero-order chi connectivity index (χ0) is 16.4. The Hall–Kier alpha value is -2.88. The lowest BCUT2D eigenvalue weighted by Crippen LogP contribution is -2.00. The number of carboxylic acid groups (broad SMARTS) is 1. The summed E-state index contributed by atoms with van der Waals surface area (Å²) in [4.78, 5) is 11.2. The summed E-state index contributed by atoms with van der Waals surface area (Å²) in [5, 5.41) is 13.8. The van der Waals surface area contributed by atoms with Crippen molar-refractivity contribution < 1.29 is 9.90 Å². The van der Waals surface area contributed by atoms with E-state index in [1.807, 2.05) is 49.4 Å². The third-order valence-electron chi connectivity index (χ3n) is 3.93. The molecule has 4 nitrogen and oxygen atoms in total. The molecule has 0 radical (unpaired) electrons. The van der Waals surface area contributed by atoms with Crippen LogP contribution >= 0.6 is 0 Å². The fraction of sp³-hybridized carbons (Fsp3) is 0.158. The standard InChI is InChI=1S/C19H18N2O2/c1-13-8-9-15(10-14(13)2)19-16(11-18(22)23)12-21(20-19)17-6-4-3-5-7-17/h3-10,12H,11H2,1-2H3,(H,22,23). The Bertz CT molecular complexity index is 851. The number of hydrogen-bond acceptors (Lipinski definition) is 2. The second kappa shape index (κ2) is 6.08. The number of carboxylic acids is 1. The van der Waals surface area contributed by atoms with E-state index < -0.39 is 5.97 Å². The highest BCUT2D eigenvalue weighted by molar-refractivity contribution is 5.75. The van der Waals surface area contributed by atoms with Gasteiger partial charge < -0.3 is 5.11 Å². The molecule has 0 bridgehead atoms. The van der Waals surface area contributed by atoms with Crippen LogP contribution < -0.4 is 0 Å². The van der Waals surface area contributed by atoms with Gasteiger partial charge in [-0.15, -0.1) is 0 Å². The highest BCUT2D eigenvalue weighted by Crippen LogP contribution is 2.26. The summed E-state index contributed by atoms with van der Waals surface area (Å²) < 4.78 is 1.74. The van der Waals surface area contributed by atoms with Crippen molar-refractivity contribution in [1.29, 1.82) is 0 Å². The molecule has 0 amide bonds. The molecule has 2 aromatic carbocycles. The van der Waals surface area contributed by atoms with Crippen molar-refractivity contribution in [3.63, 3.8) is 0 Å².